The smallest absolute Gasteiger partial charge is 0.0909 e. The maximum Gasteiger partial charge on any atom is 0.0909 e. The quantitative estimate of drug-likeness (QED) is 0.794. The summed E-state index contributed by atoms with van der Waals surface area (Å²) in [6, 6.07) is 6.06. The lowest BCUT2D eigenvalue weighted by Gasteiger charge is -2.33. The number of β-amino-alcohol motifs (C(OH)–C–C–N with tert-alkyl or cyclic N) is 1. The zero-order valence-corrected chi connectivity index (χ0v) is 12.7. The Balaban J connectivity index is 1.62. The van der Waals surface area contributed by atoms with Gasteiger partial charge in [-0.15, -0.1) is 0 Å². The summed E-state index contributed by atoms with van der Waals surface area (Å²) in [5.74, 6) is 0. The number of aromatic nitrogens is 1. The van der Waals surface area contributed by atoms with Crippen molar-refractivity contribution in [1.29, 1.82) is 0 Å². The topological polar surface area (TPSA) is 51.3 Å². The first-order valence-electron chi connectivity index (χ1n) is 7.58. The third-order valence-corrected chi connectivity index (χ3v) is 5.09. The maximum atomic E-state index is 10.6. The van der Waals surface area contributed by atoms with Crippen LogP contribution in [0.5, 0.6) is 0 Å². The van der Waals surface area contributed by atoms with Crippen LogP contribution < -0.4 is 5.32 Å². The molecule has 2 aliphatic heterocycles. The molecule has 2 aliphatic rings. The summed E-state index contributed by atoms with van der Waals surface area (Å²) in [6.45, 7) is 4.23. The van der Waals surface area contributed by atoms with E-state index in [4.69, 9.17) is 11.6 Å². The summed E-state index contributed by atoms with van der Waals surface area (Å²) in [6.07, 6.45) is 1.83. The Hall–Kier alpha value is -1.07. The van der Waals surface area contributed by atoms with Crippen LogP contribution in [0.15, 0.2) is 18.2 Å². The van der Waals surface area contributed by atoms with Crippen LogP contribution in [0.1, 0.15) is 17.7 Å². The summed E-state index contributed by atoms with van der Waals surface area (Å²) in [5.41, 5.74) is 3.12. The highest BCUT2D eigenvalue weighted by Crippen LogP contribution is 2.32. The van der Waals surface area contributed by atoms with Gasteiger partial charge in [-0.1, -0.05) is 23.7 Å². The first kappa shape index (κ1) is 13.6. The molecule has 0 saturated carbocycles. The van der Waals surface area contributed by atoms with Gasteiger partial charge in [0, 0.05) is 43.7 Å². The molecule has 1 aromatic heterocycles. The van der Waals surface area contributed by atoms with Crippen molar-refractivity contribution in [3.8, 4) is 0 Å². The summed E-state index contributed by atoms with van der Waals surface area (Å²) in [7, 11) is 0. The van der Waals surface area contributed by atoms with Gasteiger partial charge in [0.05, 0.1) is 16.1 Å². The fraction of sp³-hybridized carbons (Fsp3) is 0.500. The molecule has 1 fully saturated rings. The molecule has 5 heteroatoms. The van der Waals surface area contributed by atoms with Crippen LogP contribution in [0.2, 0.25) is 5.02 Å². The first-order valence-corrected chi connectivity index (χ1v) is 7.96. The molecule has 0 bridgehead atoms. The maximum absolute atomic E-state index is 10.6. The van der Waals surface area contributed by atoms with Crippen molar-refractivity contribution < 1.29 is 5.11 Å². The average molecular weight is 306 g/mol. The van der Waals surface area contributed by atoms with Gasteiger partial charge >= 0.3 is 0 Å². The van der Waals surface area contributed by atoms with Crippen molar-refractivity contribution in [2.24, 2.45) is 0 Å². The lowest BCUT2D eigenvalue weighted by Crippen LogP contribution is -2.46. The number of hydrogen-bond donors (Lipinski definition) is 3. The van der Waals surface area contributed by atoms with Gasteiger partial charge in [0.25, 0.3) is 0 Å². The van der Waals surface area contributed by atoms with Crippen molar-refractivity contribution in [1.82, 2.24) is 15.2 Å². The minimum atomic E-state index is -0.568. The van der Waals surface area contributed by atoms with Crippen LogP contribution in [0, 0.1) is 0 Å². The van der Waals surface area contributed by atoms with E-state index in [0.717, 1.165) is 49.6 Å². The Labute approximate surface area is 129 Å². The third-order valence-electron chi connectivity index (χ3n) is 4.78. The predicted molar refractivity (Wildman–Crippen MR) is 84.7 cm³/mol. The number of aliphatic hydroxyl groups is 1. The van der Waals surface area contributed by atoms with Gasteiger partial charge in [-0.2, -0.15) is 0 Å². The number of hydrogen-bond acceptors (Lipinski definition) is 3. The molecule has 0 radical (unpaired) electrons. The van der Waals surface area contributed by atoms with Crippen LogP contribution >= 0.6 is 11.6 Å². The zero-order valence-electron chi connectivity index (χ0n) is 12.0. The van der Waals surface area contributed by atoms with E-state index in [0.29, 0.717) is 6.54 Å². The Morgan fingerprint density at radius 3 is 3.10 bits per heavy atom. The number of nitrogens with zero attached hydrogens (tertiary/aromatic N) is 1. The lowest BCUT2D eigenvalue weighted by molar-refractivity contribution is 0.0168. The number of rotatable bonds is 2. The summed E-state index contributed by atoms with van der Waals surface area (Å²) in [4.78, 5) is 5.84. The number of para-hydroxylation sites is 1. The van der Waals surface area contributed by atoms with E-state index >= 15 is 0 Å². The number of benzene rings is 1. The monoisotopic (exact) mass is 305 g/mol. The average Bonchev–Trinajstić information content (AvgIpc) is 3.04. The standard InChI is InChI=1S/C16H20ClN3O/c17-13-3-1-2-11-12-8-20(7-4-14(12)19-15(11)13)10-16(21)5-6-18-9-16/h1-3,18-19,21H,4-10H2/t16-/m1/s1. The number of nitrogens with one attached hydrogen (secondary N) is 2. The molecule has 0 amide bonds. The molecule has 1 aromatic carbocycles. The van der Waals surface area contributed by atoms with Gasteiger partial charge in [-0.25, -0.2) is 0 Å². The molecule has 112 valence electrons. The van der Waals surface area contributed by atoms with Gasteiger partial charge in [0.2, 0.25) is 0 Å². The lowest BCUT2D eigenvalue weighted by atomic mass is 9.99. The molecular weight excluding hydrogens is 286 g/mol. The van der Waals surface area contributed by atoms with Crippen LogP contribution in [0.25, 0.3) is 10.9 Å². The second-order valence-electron chi connectivity index (χ2n) is 6.36. The van der Waals surface area contributed by atoms with Gasteiger partial charge in [-0.05, 0) is 24.6 Å². The molecule has 0 spiro atoms. The van der Waals surface area contributed by atoms with Gasteiger partial charge in [0.15, 0.2) is 0 Å². The zero-order chi connectivity index (χ0) is 14.4. The number of H-pyrrole nitrogens is 1. The van der Waals surface area contributed by atoms with Crippen LogP contribution in [-0.2, 0) is 13.0 Å². The number of aromatic amines is 1. The molecule has 4 rings (SSSR count). The minimum Gasteiger partial charge on any atom is -0.387 e. The molecule has 1 atom stereocenters. The highest BCUT2D eigenvalue weighted by molar-refractivity contribution is 6.35. The van der Waals surface area contributed by atoms with Crippen molar-refractivity contribution in [3.05, 3.63) is 34.5 Å². The van der Waals surface area contributed by atoms with Crippen molar-refractivity contribution in [2.75, 3.05) is 26.2 Å². The SMILES string of the molecule is O[C@]1(CN2CCc3[nH]c4c(Cl)cccc4c3C2)CCNC1. The molecule has 3 heterocycles. The molecule has 3 N–H and O–H groups in total. The molecule has 0 unspecified atom stereocenters. The second-order valence-corrected chi connectivity index (χ2v) is 6.76. The van der Waals surface area contributed by atoms with Crippen molar-refractivity contribution >= 4 is 22.5 Å². The Bertz CT molecular complexity index is 675. The minimum absolute atomic E-state index is 0.568. The molecular formula is C16H20ClN3O. The van der Waals surface area contributed by atoms with Crippen LogP contribution in [-0.4, -0.2) is 46.8 Å². The normalized spacial score (nSPS) is 26.4. The van der Waals surface area contributed by atoms with Gasteiger partial charge < -0.3 is 15.4 Å². The van der Waals surface area contributed by atoms with E-state index < -0.39 is 5.60 Å². The summed E-state index contributed by atoms with van der Waals surface area (Å²) in [5, 5.41) is 15.8. The van der Waals surface area contributed by atoms with Gasteiger partial charge in [0.1, 0.15) is 0 Å². The van der Waals surface area contributed by atoms with E-state index in [1.807, 2.05) is 12.1 Å². The van der Waals surface area contributed by atoms with Crippen LogP contribution in [0.4, 0.5) is 0 Å². The molecule has 21 heavy (non-hydrogen) atoms. The van der Waals surface area contributed by atoms with Crippen molar-refractivity contribution in [3.63, 3.8) is 0 Å². The van der Waals surface area contributed by atoms with Gasteiger partial charge in [-0.3, -0.25) is 4.90 Å². The Kier molecular flexibility index (Phi) is 3.23. The summed E-state index contributed by atoms with van der Waals surface area (Å²) < 4.78 is 0. The fourth-order valence-corrected chi connectivity index (χ4v) is 3.90. The van der Waals surface area contributed by atoms with E-state index in [9.17, 15) is 5.11 Å². The Morgan fingerprint density at radius 2 is 2.29 bits per heavy atom. The number of fused-ring (bicyclic) bond motifs is 3. The summed E-state index contributed by atoms with van der Waals surface area (Å²) >= 11 is 6.28. The molecule has 1 saturated heterocycles. The highest BCUT2D eigenvalue weighted by Gasteiger charge is 2.34. The van der Waals surface area contributed by atoms with E-state index in [-0.39, 0.29) is 0 Å². The van der Waals surface area contributed by atoms with Crippen LogP contribution in [0.3, 0.4) is 0 Å². The molecule has 0 aliphatic carbocycles. The fourth-order valence-electron chi connectivity index (χ4n) is 3.67. The largest absolute Gasteiger partial charge is 0.387 e. The van der Waals surface area contributed by atoms with E-state index in [1.54, 1.807) is 0 Å². The Morgan fingerprint density at radius 1 is 1.38 bits per heavy atom. The van der Waals surface area contributed by atoms with Crippen molar-refractivity contribution in [2.45, 2.75) is 25.0 Å². The van der Waals surface area contributed by atoms with E-state index in [2.05, 4.69) is 21.3 Å². The number of halogens is 1. The van der Waals surface area contributed by atoms with E-state index in [1.165, 1.54) is 16.6 Å². The predicted octanol–water partition coefficient (Wildman–Crippen LogP) is 1.90. The molecule has 4 nitrogen and oxygen atoms in total. The third kappa shape index (κ3) is 2.36. The molecule has 2 aromatic rings. The second kappa shape index (κ2) is 4.99. The highest BCUT2D eigenvalue weighted by atomic mass is 35.5. The first-order chi connectivity index (χ1) is 10.1.